The van der Waals surface area contributed by atoms with E-state index < -0.39 is 0 Å². The van der Waals surface area contributed by atoms with E-state index in [0.717, 1.165) is 6.42 Å². The molecule has 0 amide bonds. The number of rotatable bonds is 7. The summed E-state index contributed by atoms with van der Waals surface area (Å²) in [5.41, 5.74) is 10.3. The van der Waals surface area contributed by atoms with Gasteiger partial charge in [0.1, 0.15) is 5.75 Å². The Bertz CT molecular complexity index is 406. The van der Waals surface area contributed by atoms with Gasteiger partial charge in [0.2, 0.25) is 0 Å². The summed E-state index contributed by atoms with van der Waals surface area (Å²) in [5.74, 6) is 0.676. The minimum absolute atomic E-state index is 0. The predicted octanol–water partition coefficient (Wildman–Crippen LogP) is 2.61. The van der Waals surface area contributed by atoms with Crippen LogP contribution in [0.25, 0.3) is 0 Å². The van der Waals surface area contributed by atoms with Crippen molar-refractivity contribution < 1.29 is 9.47 Å². The van der Waals surface area contributed by atoms with Gasteiger partial charge < -0.3 is 20.9 Å². The molecule has 4 nitrogen and oxygen atoms in total. The van der Waals surface area contributed by atoms with Gasteiger partial charge >= 0.3 is 48.9 Å². The van der Waals surface area contributed by atoms with E-state index in [1.807, 2.05) is 18.2 Å². The number of ether oxygens (including phenoxy) is 2. The third-order valence-electron chi connectivity index (χ3n) is 2.45. The fraction of sp³-hybridized carbons (Fsp3) is 0.467. The summed E-state index contributed by atoms with van der Waals surface area (Å²) in [7, 11) is 0. The first-order valence-corrected chi connectivity index (χ1v) is 7.82. The van der Waals surface area contributed by atoms with Crippen molar-refractivity contribution in [1.29, 1.82) is 0 Å². The van der Waals surface area contributed by atoms with Gasteiger partial charge in [-0.05, 0) is 43.0 Å². The number of hydrogen-bond acceptors (Lipinski definition) is 4. The van der Waals surface area contributed by atoms with Crippen LogP contribution < -0.4 is 16.2 Å². The Balaban J connectivity index is 0. The molecule has 0 aliphatic rings. The zero-order valence-electron chi connectivity index (χ0n) is 12.4. The quantitative estimate of drug-likeness (QED) is 0.365. The molecule has 1 rings (SSSR count). The average molecular weight is 468 g/mol. The van der Waals surface area contributed by atoms with Gasteiger partial charge in [0, 0.05) is 0 Å². The maximum absolute atomic E-state index is 5.14. The van der Waals surface area contributed by atoms with Crippen LogP contribution in [0.2, 0.25) is 0 Å². The molecule has 0 unspecified atom stereocenters. The van der Waals surface area contributed by atoms with E-state index in [1.165, 1.54) is 25.7 Å². The molecule has 0 saturated carbocycles. The third-order valence-corrected chi connectivity index (χ3v) is 2.66. The normalized spacial score (nSPS) is 8.77. The molecule has 0 radical (unpaired) electrons. The van der Waals surface area contributed by atoms with Gasteiger partial charge in [-0.15, -0.1) is 0 Å². The maximum atomic E-state index is 5.14. The average Bonchev–Trinajstić information content (AvgIpc) is 2.43. The molecule has 0 saturated heterocycles. The van der Waals surface area contributed by atoms with Crippen molar-refractivity contribution in [3.63, 3.8) is 0 Å². The summed E-state index contributed by atoms with van der Waals surface area (Å²) in [6.07, 6.45) is 6.16. The van der Waals surface area contributed by atoms with Crippen LogP contribution in [0.3, 0.4) is 0 Å². The van der Waals surface area contributed by atoms with Crippen molar-refractivity contribution in [2.45, 2.75) is 39.0 Å². The summed E-state index contributed by atoms with van der Waals surface area (Å²) < 4.78 is 9.85. The van der Waals surface area contributed by atoms with Crippen LogP contribution in [0, 0.1) is 0 Å². The van der Waals surface area contributed by atoms with Crippen LogP contribution >= 0.6 is 24.4 Å². The van der Waals surface area contributed by atoms with Crippen molar-refractivity contribution in [3.8, 4) is 5.75 Å². The predicted molar refractivity (Wildman–Crippen MR) is 104 cm³/mol. The number of benzene rings is 1. The number of nitrogens with two attached hydrogens (primary N) is 2. The summed E-state index contributed by atoms with van der Waals surface area (Å²) in [6.45, 7) is 2.88. The Morgan fingerprint density at radius 3 is 2.05 bits per heavy atom. The van der Waals surface area contributed by atoms with E-state index in [0.29, 0.717) is 12.4 Å². The van der Waals surface area contributed by atoms with E-state index in [1.54, 1.807) is 12.1 Å². The van der Waals surface area contributed by atoms with E-state index in [2.05, 4.69) is 31.4 Å². The number of hydrogen-bond donors (Lipinski definition) is 2. The summed E-state index contributed by atoms with van der Waals surface area (Å²) in [5, 5.41) is 0.215. The van der Waals surface area contributed by atoms with Gasteiger partial charge in [0.25, 0.3) is 10.3 Å². The van der Waals surface area contributed by atoms with Gasteiger partial charge in [-0.25, -0.2) is 0 Å². The molecule has 7 heteroatoms. The van der Waals surface area contributed by atoms with Gasteiger partial charge in [0.15, 0.2) is 0 Å². The van der Waals surface area contributed by atoms with Crippen LogP contribution in [-0.4, -0.2) is 65.8 Å². The zero-order valence-corrected chi connectivity index (χ0v) is 14.1. The second-order valence-electron chi connectivity index (χ2n) is 4.32. The van der Waals surface area contributed by atoms with Crippen LogP contribution in [0.1, 0.15) is 39.0 Å². The molecule has 0 atom stereocenters. The number of thiocarbonyl (C=S) groups is 2. The molecule has 0 fully saturated rings. The van der Waals surface area contributed by atoms with E-state index in [4.69, 9.17) is 20.9 Å². The summed E-state index contributed by atoms with van der Waals surface area (Å²) >= 11 is 9.08. The summed E-state index contributed by atoms with van der Waals surface area (Å²) in [6, 6.07) is 9.19. The second kappa shape index (κ2) is 17.5. The van der Waals surface area contributed by atoms with E-state index in [-0.39, 0.29) is 59.2 Å². The standard InChI is InChI=1S/C8H17NOS.C7H7NOS.Ba.2H/c1-2-3-4-5-6-7-10-8(9)11;8-7(10)9-6-4-2-1-3-5-6;;;/h2-7H2,1H3,(H2,9,11);1-5H,(H2,8,10);;;. The molecule has 0 heterocycles. The SMILES string of the molecule is CCCCCCCOC(N)=S.NC(=S)Oc1ccccc1.[BaH2]. The molecule has 1 aromatic rings. The van der Waals surface area contributed by atoms with Crippen LogP contribution in [-0.2, 0) is 4.74 Å². The van der Waals surface area contributed by atoms with Crippen LogP contribution in [0.5, 0.6) is 5.75 Å². The molecule has 0 aromatic heterocycles. The van der Waals surface area contributed by atoms with E-state index in [9.17, 15) is 0 Å². The molecule has 0 bridgehead atoms. The fourth-order valence-electron chi connectivity index (χ4n) is 1.48. The minimum atomic E-state index is 0. The first-order chi connectivity index (χ1) is 10.1. The van der Waals surface area contributed by atoms with E-state index >= 15 is 0 Å². The first-order valence-electron chi connectivity index (χ1n) is 7.00. The number of para-hydroxylation sites is 1. The van der Waals surface area contributed by atoms with Crippen molar-refractivity contribution in [1.82, 2.24) is 0 Å². The van der Waals surface area contributed by atoms with Crippen molar-refractivity contribution in [2.75, 3.05) is 6.61 Å². The van der Waals surface area contributed by atoms with Gasteiger partial charge in [-0.1, -0.05) is 50.8 Å². The molecular weight excluding hydrogens is 442 g/mol. The van der Waals surface area contributed by atoms with Crippen LogP contribution in [0.15, 0.2) is 30.3 Å². The molecule has 0 aliphatic heterocycles. The third kappa shape index (κ3) is 18.2. The number of unbranched alkanes of at least 4 members (excludes halogenated alkanes) is 4. The zero-order chi connectivity index (χ0) is 15.9. The van der Waals surface area contributed by atoms with Crippen molar-refractivity contribution >= 4 is 83.7 Å². The second-order valence-corrected chi connectivity index (χ2v) is 5.12. The van der Waals surface area contributed by atoms with Gasteiger partial charge in [0.05, 0.1) is 6.61 Å². The molecular formula is C15H26BaN2O2S2. The molecule has 22 heavy (non-hydrogen) atoms. The Morgan fingerprint density at radius 2 is 1.55 bits per heavy atom. The van der Waals surface area contributed by atoms with Crippen molar-refractivity contribution in [2.24, 2.45) is 11.5 Å². The van der Waals surface area contributed by atoms with Crippen molar-refractivity contribution in [3.05, 3.63) is 30.3 Å². The molecule has 0 spiro atoms. The topological polar surface area (TPSA) is 70.5 Å². The molecule has 4 N–H and O–H groups in total. The summed E-state index contributed by atoms with van der Waals surface area (Å²) in [4.78, 5) is 0. The van der Waals surface area contributed by atoms with Gasteiger partial charge in [-0.2, -0.15) is 0 Å². The van der Waals surface area contributed by atoms with Crippen LogP contribution in [0.4, 0.5) is 0 Å². The Morgan fingerprint density at radius 1 is 0.955 bits per heavy atom. The molecule has 1 aromatic carbocycles. The van der Waals surface area contributed by atoms with Gasteiger partial charge in [-0.3, -0.25) is 0 Å². The fourth-order valence-corrected chi connectivity index (χ4v) is 1.66. The first kappa shape index (κ1) is 24.4. The Hall–Kier alpha value is 0.171. The molecule has 0 aliphatic carbocycles. The Kier molecular flexibility index (Phi) is 19.5. The molecule has 122 valence electrons. The Labute approximate surface area is 184 Å². The monoisotopic (exact) mass is 468 g/mol.